The summed E-state index contributed by atoms with van der Waals surface area (Å²) >= 11 is 5.80. The molecule has 25 heavy (non-hydrogen) atoms. The van der Waals surface area contributed by atoms with Gasteiger partial charge in [-0.3, -0.25) is 0 Å². The van der Waals surface area contributed by atoms with E-state index in [9.17, 15) is 13.2 Å². The number of hydrogen-bond donors (Lipinski definition) is 2. The van der Waals surface area contributed by atoms with Crippen molar-refractivity contribution in [3.8, 4) is 0 Å². The summed E-state index contributed by atoms with van der Waals surface area (Å²) in [6.45, 7) is 0.492. The van der Waals surface area contributed by atoms with E-state index in [1.54, 1.807) is 18.2 Å². The number of nitrogens with zero attached hydrogens (tertiary/aromatic N) is 1. The van der Waals surface area contributed by atoms with Crippen LogP contribution in [-0.4, -0.2) is 39.1 Å². The minimum absolute atomic E-state index is 0.143. The highest BCUT2D eigenvalue weighted by Crippen LogP contribution is 2.28. The van der Waals surface area contributed by atoms with E-state index in [-0.39, 0.29) is 16.5 Å². The molecular weight excluding hydrogens is 364 g/mol. The molecule has 0 bridgehead atoms. The van der Waals surface area contributed by atoms with Crippen LogP contribution in [0.4, 0.5) is 5.69 Å². The summed E-state index contributed by atoms with van der Waals surface area (Å²) in [5, 5.41) is 9.60. The zero-order valence-corrected chi connectivity index (χ0v) is 15.0. The van der Waals surface area contributed by atoms with Crippen LogP contribution in [0.25, 0.3) is 0 Å². The first-order valence-corrected chi connectivity index (χ1v) is 9.47. The number of rotatable bonds is 4. The van der Waals surface area contributed by atoms with Gasteiger partial charge in [-0.15, -0.1) is 0 Å². The molecule has 0 aliphatic carbocycles. The molecule has 0 amide bonds. The normalized spacial score (nSPS) is 17.2. The number of carbonyl (C=O) groups is 1. The summed E-state index contributed by atoms with van der Waals surface area (Å²) in [5.41, 5.74) is 1.90. The van der Waals surface area contributed by atoms with E-state index in [0.717, 1.165) is 11.3 Å². The lowest BCUT2D eigenvalue weighted by Crippen LogP contribution is -2.47. The Morgan fingerprint density at radius 2 is 1.92 bits per heavy atom. The Labute approximate surface area is 151 Å². The number of likely N-dealkylation sites (N-methyl/N-ethyl adjacent to an activating group) is 1. The zero-order valence-electron chi connectivity index (χ0n) is 13.4. The van der Waals surface area contributed by atoms with Gasteiger partial charge in [-0.05, 0) is 54.4 Å². The van der Waals surface area contributed by atoms with E-state index in [1.165, 1.54) is 24.3 Å². The summed E-state index contributed by atoms with van der Waals surface area (Å²) < 4.78 is 27.8. The van der Waals surface area contributed by atoms with Crippen molar-refractivity contribution < 1.29 is 18.3 Å². The number of anilines is 1. The van der Waals surface area contributed by atoms with Crippen molar-refractivity contribution in [3.05, 3.63) is 58.6 Å². The number of hydrogen-bond acceptors (Lipinski definition) is 4. The molecule has 0 saturated heterocycles. The van der Waals surface area contributed by atoms with Crippen LogP contribution in [0.3, 0.4) is 0 Å². The molecule has 2 aromatic carbocycles. The average Bonchev–Trinajstić information content (AvgIpc) is 2.54. The first-order chi connectivity index (χ1) is 11.8. The lowest BCUT2D eigenvalue weighted by molar-refractivity contribution is 0.0696. The van der Waals surface area contributed by atoms with E-state index >= 15 is 0 Å². The molecule has 0 spiro atoms. The third-order valence-corrected chi connectivity index (χ3v) is 5.93. The van der Waals surface area contributed by atoms with Crippen LogP contribution < -0.4 is 9.62 Å². The number of nitrogens with one attached hydrogen (secondary N) is 1. The Morgan fingerprint density at radius 3 is 2.56 bits per heavy atom. The van der Waals surface area contributed by atoms with Crippen LogP contribution in [-0.2, 0) is 16.4 Å². The Hall–Kier alpha value is -2.09. The maximum atomic E-state index is 12.5. The Balaban J connectivity index is 1.84. The monoisotopic (exact) mass is 380 g/mol. The quantitative estimate of drug-likeness (QED) is 0.850. The maximum Gasteiger partial charge on any atom is 0.335 e. The molecule has 3 rings (SSSR count). The number of carboxylic acid groups (broad SMARTS) is 1. The van der Waals surface area contributed by atoms with Crippen LogP contribution in [0.5, 0.6) is 0 Å². The molecule has 132 valence electrons. The van der Waals surface area contributed by atoms with Gasteiger partial charge in [0.2, 0.25) is 10.0 Å². The molecule has 1 aliphatic heterocycles. The van der Waals surface area contributed by atoms with Gasteiger partial charge in [-0.2, -0.15) is 0 Å². The van der Waals surface area contributed by atoms with Crippen molar-refractivity contribution in [1.29, 1.82) is 0 Å². The lowest BCUT2D eigenvalue weighted by atomic mass is 9.97. The largest absolute Gasteiger partial charge is 0.478 e. The first-order valence-electron chi connectivity index (χ1n) is 7.61. The average molecular weight is 381 g/mol. The van der Waals surface area contributed by atoms with Gasteiger partial charge in [0.15, 0.2) is 0 Å². The molecule has 6 nitrogen and oxygen atoms in total. The van der Waals surface area contributed by atoms with Crippen molar-refractivity contribution in [2.75, 3.05) is 18.5 Å². The summed E-state index contributed by atoms with van der Waals surface area (Å²) in [6, 6.07) is 10.5. The van der Waals surface area contributed by atoms with Gasteiger partial charge in [0, 0.05) is 30.3 Å². The molecule has 0 saturated carbocycles. The molecule has 0 aromatic heterocycles. The minimum atomic E-state index is -3.68. The molecule has 2 N–H and O–H groups in total. The zero-order chi connectivity index (χ0) is 18.2. The summed E-state index contributed by atoms with van der Waals surface area (Å²) in [7, 11) is -1.83. The van der Waals surface area contributed by atoms with Crippen LogP contribution in [0.1, 0.15) is 15.9 Å². The number of halogens is 1. The molecule has 8 heteroatoms. The number of carboxylic acids is 1. The van der Waals surface area contributed by atoms with E-state index in [4.69, 9.17) is 16.7 Å². The highest BCUT2D eigenvalue weighted by atomic mass is 35.5. The second-order valence-corrected chi connectivity index (χ2v) is 8.16. The van der Waals surface area contributed by atoms with Gasteiger partial charge >= 0.3 is 5.97 Å². The third kappa shape index (κ3) is 3.78. The molecule has 2 aromatic rings. The summed E-state index contributed by atoms with van der Waals surface area (Å²) in [4.78, 5) is 13.2. The lowest BCUT2D eigenvalue weighted by Gasteiger charge is -2.33. The smallest absolute Gasteiger partial charge is 0.335 e. The highest BCUT2D eigenvalue weighted by molar-refractivity contribution is 7.89. The van der Waals surface area contributed by atoms with Gasteiger partial charge in [-0.1, -0.05) is 11.6 Å². The van der Waals surface area contributed by atoms with Crippen LogP contribution >= 0.6 is 11.6 Å². The van der Waals surface area contributed by atoms with Gasteiger partial charge in [-0.25, -0.2) is 17.9 Å². The van der Waals surface area contributed by atoms with Crippen molar-refractivity contribution in [2.24, 2.45) is 0 Å². The molecule has 0 radical (unpaired) electrons. The van der Waals surface area contributed by atoms with Gasteiger partial charge in [0.25, 0.3) is 0 Å². The van der Waals surface area contributed by atoms with Gasteiger partial charge in [0.1, 0.15) is 0 Å². The first kappa shape index (κ1) is 17.7. The highest BCUT2D eigenvalue weighted by Gasteiger charge is 2.27. The van der Waals surface area contributed by atoms with Crippen LogP contribution in [0.15, 0.2) is 47.4 Å². The van der Waals surface area contributed by atoms with Gasteiger partial charge < -0.3 is 10.0 Å². The summed E-state index contributed by atoms with van der Waals surface area (Å²) in [5.74, 6) is -1.01. The number of benzene rings is 2. The van der Waals surface area contributed by atoms with E-state index in [2.05, 4.69) is 4.72 Å². The maximum absolute atomic E-state index is 12.5. The van der Waals surface area contributed by atoms with Crippen LogP contribution in [0.2, 0.25) is 5.02 Å². The fourth-order valence-electron chi connectivity index (χ4n) is 2.99. The number of aromatic carboxylic acids is 1. The Bertz CT molecular complexity index is 913. The second kappa shape index (κ2) is 6.67. The number of fused-ring (bicyclic) bond motifs is 1. The van der Waals surface area contributed by atoms with Crippen molar-refractivity contribution in [2.45, 2.75) is 17.4 Å². The Morgan fingerprint density at radius 1 is 1.24 bits per heavy atom. The van der Waals surface area contributed by atoms with Gasteiger partial charge in [0.05, 0.1) is 10.5 Å². The molecule has 1 atom stereocenters. The molecule has 1 heterocycles. The fraction of sp³-hybridized carbons (Fsp3) is 0.235. The predicted molar refractivity (Wildman–Crippen MR) is 95.9 cm³/mol. The standard InChI is InChI=1S/C17H17ClN2O4S/c1-20-10-14(9-12-8-11(17(21)22)2-7-16(12)20)19-25(23,24)15-5-3-13(18)4-6-15/h2-8,14,19H,9-10H2,1H3,(H,21,22). The summed E-state index contributed by atoms with van der Waals surface area (Å²) in [6.07, 6.45) is 0.424. The minimum Gasteiger partial charge on any atom is -0.478 e. The SMILES string of the molecule is CN1CC(NS(=O)(=O)c2ccc(Cl)cc2)Cc2cc(C(=O)O)ccc21. The van der Waals surface area contributed by atoms with Crippen molar-refractivity contribution >= 4 is 33.3 Å². The third-order valence-electron chi connectivity index (χ3n) is 4.14. The fourth-order valence-corrected chi connectivity index (χ4v) is 4.35. The Kier molecular flexibility index (Phi) is 4.73. The van der Waals surface area contributed by atoms with E-state index in [0.29, 0.717) is 18.0 Å². The van der Waals surface area contributed by atoms with Crippen LogP contribution in [0, 0.1) is 0 Å². The molecule has 1 aliphatic rings. The van der Waals surface area contributed by atoms with Crippen molar-refractivity contribution in [1.82, 2.24) is 4.72 Å². The predicted octanol–water partition coefficient (Wildman–Crippen LogP) is 2.38. The topological polar surface area (TPSA) is 86.7 Å². The van der Waals surface area contributed by atoms with E-state index < -0.39 is 16.0 Å². The second-order valence-electron chi connectivity index (χ2n) is 6.01. The molecular formula is C17H17ClN2O4S. The van der Waals surface area contributed by atoms with Crippen molar-refractivity contribution in [3.63, 3.8) is 0 Å². The molecule has 1 unspecified atom stereocenters. The molecule has 0 fully saturated rings. The number of sulfonamides is 1. The van der Waals surface area contributed by atoms with E-state index in [1.807, 2.05) is 11.9 Å².